The van der Waals surface area contributed by atoms with Gasteiger partial charge in [-0.1, -0.05) is 12.1 Å². The molecule has 4 nitrogen and oxygen atoms in total. The molecule has 0 bridgehead atoms. The van der Waals surface area contributed by atoms with Crippen molar-refractivity contribution in [2.45, 2.75) is 18.9 Å². The molecule has 1 aliphatic rings. The number of rotatable bonds is 3. The number of hydrogen-bond donors (Lipinski definition) is 1. The van der Waals surface area contributed by atoms with Gasteiger partial charge in [-0.3, -0.25) is 9.78 Å². The van der Waals surface area contributed by atoms with Gasteiger partial charge in [0.1, 0.15) is 0 Å². The van der Waals surface area contributed by atoms with E-state index in [4.69, 9.17) is 0 Å². The van der Waals surface area contributed by atoms with Crippen LogP contribution in [0.5, 0.6) is 0 Å². The third-order valence-electron chi connectivity index (χ3n) is 4.41. The molecule has 0 spiro atoms. The smallest absolute Gasteiger partial charge is 0.230 e. The maximum atomic E-state index is 13.5. The topological polar surface area (TPSA) is 45.2 Å². The van der Waals surface area contributed by atoms with Gasteiger partial charge in [0.25, 0.3) is 0 Å². The summed E-state index contributed by atoms with van der Waals surface area (Å²) in [4.78, 5) is 18.9. The van der Waals surface area contributed by atoms with Gasteiger partial charge in [-0.2, -0.15) is 0 Å². The maximum Gasteiger partial charge on any atom is 0.230 e. The van der Waals surface area contributed by atoms with Crippen molar-refractivity contribution in [1.82, 2.24) is 15.2 Å². The number of pyridine rings is 1. The molecule has 1 saturated heterocycles. The number of hydrogen-bond acceptors (Lipinski definition) is 3. The van der Waals surface area contributed by atoms with Crippen LogP contribution in [0.1, 0.15) is 30.0 Å². The van der Waals surface area contributed by atoms with E-state index >= 15 is 0 Å². The normalized spacial score (nSPS) is 18.4. The molecule has 0 radical (unpaired) electrons. The van der Waals surface area contributed by atoms with Crippen LogP contribution in [-0.4, -0.2) is 35.4 Å². The third kappa shape index (κ3) is 4.14. The number of carbonyl (C=O) groups is 1. The van der Waals surface area contributed by atoms with Gasteiger partial charge in [-0.05, 0) is 36.2 Å². The summed E-state index contributed by atoms with van der Waals surface area (Å²) in [5, 5.41) is 3.28. The van der Waals surface area contributed by atoms with Crippen molar-refractivity contribution in [2.75, 3.05) is 19.6 Å². The first-order valence-corrected chi connectivity index (χ1v) is 7.94. The Bertz CT molecular complexity index is 730. The number of benzene rings is 1. The Morgan fingerprint density at radius 3 is 2.80 bits per heavy atom. The first kappa shape index (κ1) is 19.3. The fourth-order valence-electron chi connectivity index (χ4n) is 3.01. The zero-order valence-electron chi connectivity index (χ0n) is 13.8. The van der Waals surface area contributed by atoms with Crippen molar-refractivity contribution in [3.05, 3.63) is 65.5 Å². The van der Waals surface area contributed by atoms with E-state index in [1.807, 2.05) is 12.1 Å². The van der Waals surface area contributed by atoms with Gasteiger partial charge in [0.05, 0.1) is 12.0 Å². The van der Waals surface area contributed by atoms with Crippen LogP contribution < -0.4 is 5.32 Å². The highest BCUT2D eigenvalue weighted by atomic mass is 35.5. The van der Waals surface area contributed by atoms with Crippen LogP contribution in [0.15, 0.2) is 42.7 Å². The molecule has 1 amide bonds. The molecule has 25 heavy (non-hydrogen) atoms. The minimum Gasteiger partial charge on any atom is -0.333 e. The van der Waals surface area contributed by atoms with Crippen LogP contribution in [0.4, 0.5) is 8.78 Å². The molecule has 1 aliphatic heterocycles. The van der Waals surface area contributed by atoms with Crippen molar-refractivity contribution in [2.24, 2.45) is 0 Å². The second-order valence-corrected chi connectivity index (χ2v) is 5.93. The molecule has 134 valence electrons. The lowest BCUT2D eigenvalue weighted by Crippen LogP contribution is -2.49. The molecule has 1 fully saturated rings. The molecule has 0 saturated carbocycles. The fraction of sp³-hybridized carbons (Fsp3) is 0.333. The highest BCUT2D eigenvalue weighted by Gasteiger charge is 2.31. The Hall–Kier alpha value is -2.05. The monoisotopic (exact) mass is 367 g/mol. The summed E-state index contributed by atoms with van der Waals surface area (Å²) in [6.07, 6.45) is 3.44. The molecule has 3 rings (SSSR count). The van der Waals surface area contributed by atoms with E-state index in [1.165, 1.54) is 6.07 Å². The second kappa shape index (κ2) is 8.36. The molecule has 2 heterocycles. The molecule has 7 heteroatoms. The Morgan fingerprint density at radius 2 is 2.12 bits per heavy atom. The molecular weight excluding hydrogens is 348 g/mol. The fourth-order valence-corrected chi connectivity index (χ4v) is 3.01. The van der Waals surface area contributed by atoms with E-state index in [2.05, 4.69) is 10.3 Å². The SMILES string of the molecule is CC(C(=O)N1CCNCC1c1cccnc1)c1ccc(F)c(F)c1.Cl. The average molecular weight is 368 g/mol. The van der Waals surface area contributed by atoms with Gasteiger partial charge in [0.2, 0.25) is 5.91 Å². The summed E-state index contributed by atoms with van der Waals surface area (Å²) in [5.74, 6) is -2.49. The summed E-state index contributed by atoms with van der Waals surface area (Å²) < 4.78 is 26.6. The van der Waals surface area contributed by atoms with E-state index in [1.54, 1.807) is 24.2 Å². The summed E-state index contributed by atoms with van der Waals surface area (Å²) in [5.41, 5.74) is 1.43. The molecule has 1 aromatic carbocycles. The highest BCUT2D eigenvalue weighted by molar-refractivity contribution is 5.85. The predicted octanol–water partition coefficient (Wildman–Crippen LogP) is 3.06. The van der Waals surface area contributed by atoms with Gasteiger partial charge in [-0.15, -0.1) is 12.4 Å². The Balaban J connectivity index is 0.00000225. The first-order valence-electron chi connectivity index (χ1n) is 7.94. The van der Waals surface area contributed by atoms with Crippen molar-refractivity contribution in [3.8, 4) is 0 Å². The van der Waals surface area contributed by atoms with E-state index in [0.717, 1.165) is 17.7 Å². The Labute approximate surface area is 151 Å². The first-order chi connectivity index (χ1) is 11.6. The molecule has 1 N–H and O–H groups in total. The van der Waals surface area contributed by atoms with Crippen molar-refractivity contribution >= 4 is 18.3 Å². The van der Waals surface area contributed by atoms with Crippen LogP contribution in [0.3, 0.4) is 0 Å². The number of nitrogens with one attached hydrogen (secondary N) is 1. The molecule has 2 unspecified atom stereocenters. The van der Waals surface area contributed by atoms with Crippen LogP contribution in [0.25, 0.3) is 0 Å². The van der Waals surface area contributed by atoms with E-state index in [9.17, 15) is 13.6 Å². The van der Waals surface area contributed by atoms with Crippen LogP contribution in [0.2, 0.25) is 0 Å². The summed E-state index contributed by atoms with van der Waals surface area (Å²) >= 11 is 0. The predicted molar refractivity (Wildman–Crippen MR) is 93.6 cm³/mol. The lowest BCUT2D eigenvalue weighted by molar-refractivity contribution is -0.135. The van der Waals surface area contributed by atoms with E-state index < -0.39 is 17.6 Å². The minimum atomic E-state index is -0.934. The number of piperazine rings is 1. The molecule has 1 aromatic heterocycles. The van der Waals surface area contributed by atoms with E-state index in [0.29, 0.717) is 25.2 Å². The lowest BCUT2D eigenvalue weighted by Gasteiger charge is -2.38. The van der Waals surface area contributed by atoms with Gasteiger partial charge in [-0.25, -0.2) is 8.78 Å². The summed E-state index contributed by atoms with van der Waals surface area (Å²) in [6.45, 7) is 3.62. The van der Waals surface area contributed by atoms with Crippen molar-refractivity contribution < 1.29 is 13.6 Å². The molecular formula is C18H20ClF2N3O. The van der Waals surface area contributed by atoms with Gasteiger partial charge < -0.3 is 10.2 Å². The number of aromatic nitrogens is 1. The second-order valence-electron chi connectivity index (χ2n) is 5.93. The minimum absolute atomic E-state index is 0. The summed E-state index contributed by atoms with van der Waals surface area (Å²) in [7, 11) is 0. The zero-order valence-corrected chi connectivity index (χ0v) is 14.6. The highest BCUT2D eigenvalue weighted by Crippen LogP contribution is 2.27. The Kier molecular flexibility index (Phi) is 6.45. The standard InChI is InChI=1S/C18H19F2N3O.ClH/c1-12(13-4-5-15(19)16(20)9-13)18(24)23-8-7-22-11-17(23)14-3-2-6-21-10-14;/h2-6,9-10,12,17,22H,7-8,11H2,1H3;1H. The largest absolute Gasteiger partial charge is 0.333 e. The van der Waals surface area contributed by atoms with Gasteiger partial charge in [0, 0.05) is 32.0 Å². The number of nitrogens with zero attached hydrogens (tertiary/aromatic N) is 2. The maximum absolute atomic E-state index is 13.5. The van der Waals surface area contributed by atoms with Crippen molar-refractivity contribution in [1.29, 1.82) is 0 Å². The molecule has 2 aromatic rings. The van der Waals surface area contributed by atoms with Crippen LogP contribution in [-0.2, 0) is 4.79 Å². The van der Waals surface area contributed by atoms with E-state index in [-0.39, 0.29) is 24.4 Å². The Morgan fingerprint density at radius 1 is 1.32 bits per heavy atom. The zero-order chi connectivity index (χ0) is 17.1. The molecule has 0 aliphatic carbocycles. The number of amides is 1. The number of halogens is 3. The van der Waals surface area contributed by atoms with Crippen LogP contribution in [0, 0.1) is 11.6 Å². The summed E-state index contributed by atoms with van der Waals surface area (Å²) in [6, 6.07) is 7.28. The van der Waals surface area contributed by atoms with Gasteiger partial charge in [0.15, 0.2) is 11.6 Å². The quantitative estimate of drug-likeness (QED) is 0.906. The lowest BCUT2D eigenvalue weighted by atomic mass is 9.96. The molecule has 2 atom stereocenters. The third-order valence-corrected chi connectivity index (χ3v) is 4.41. The average Bonchev–Trinajstić information content (AvgIpc) is 2.63. The van der Waals surface area contributed by atoms with Crippen molar-refractivity contribution in [3.63, 3.8) is 0 Å². The van der Waals surface area contributed by atoms with Gasteiger partial charge >= 0.3 is 0 Å². The number of carbonyl (C=O) groups excluding carboxylic acids is 1. The van der Waals surface area contributed by atoms with Crippen LogP contribution >= 0.6 is 12.4 Å².